The van der Waals surface area contributed by atoms with Crippen LogP contribution in [0.15, 0.2) is 0 Å². The molecule has 0 radical (unpaired) electrons. The Bertz CT molecular complexity index is 157. The Morgan fingerprint density at radius 2 is 1.69 bits per heavy atom. The van der Waals surface area contributed by atoms with E-state index in [0.29, 0.717) is 5.73 Å². The van der Waals surface area contributed by atoms with Crippen molar-refractivity contribution in [1.82, 2.24) is 0 Å². The van der Waals surface area contributed by atoms with Crippen LogP contribution < -0.4 is 0 Å². The van der Waals surface area contributed by atoms with Gasteiger partial charge in [-0.05, 0) is 19.3 Å². The van der Waals surface area contributed by atoms with Gasteiger partial charge in [-0.3, -0.25) is 0 Å². The van der Waals surface area contributed by atoms with Crippen molar-refractivity contribution in [2.45, 2.75) is 25.0 Å². The van der Waals surface area contributed by atoms with E-state index in [9.17, 15) is 0 Å². The van der Waals surface area contributed by atoms with Crippen molar-refractivity contribution in [3.8, 4) is 0 Å². The first kappa shape index (κ1) is 14.5. The molecule has 1 atom stereocenters. The molecular formula is C7H14N2O3Si. The largest absolute Gasteiger partial charge is 0.383 e. The summed E-state index contributed by atoms with van der Waals surface area (Å²) in [7, 11) is 1.23. The molecule has 1 heterocycles. The van der Waals surface area contributed by atoms with Crippen LogP contribution >= 0.6 is 0 Å². The number of hydrogen-bond donors (Lipinski definition) is 2. The highest BCUT2D eigenvalue weighted by Gasteiger charge is 2.05. The van der Waals surface area contributed by atoms with E-state index in [1.54, 1.807) is 0 Å². The smallest absolute Gasteiger partial charge is 0.231 e. The van der Waals surface area contributed by atoms with E-state index in [0.717, 1.165) is 18.8 Å². The van der Waals surface area contributed by atoms with E-state index in [4.69, 9.17) is 25.1 Å². The topological polar surface area (TPSA) is 91.1 Å². The highest BCUT2D eigenvalue weighted by molar-refractivity contribution is 6.10. The van der Waals surface area contributed by atoms with Crippen LogP contribution in [0.25, 0.3) is 0 Å². The van der Waals surface area contributed by atoms with Crippen molar-refractivity contribution in [2.24, 2.45) is 0 Å². The van der Waals surface area contributed by atoms with Crippen molar-refractivity contribution in [2.75, 3.05) is 6.61 Å². The van der Waals surface area contributed by atoms with Gasteiger partial charge < -0.3 is 4.74 Å². The number of hydrogen-bond acceptors (Lipinski definition) is 5. The second-order valence-corrected chi connectivity index (χ2v) is 3.67. The van der Waals surface area contributed by atoms with Gasteiger partial charge in [0.15, 0.2) is 0 Å². The molecule has 5 nitrogen and oxygen atoms in total. The van der Waals surface area contributed by atoms with Gasteiger partial charge in [0.2, 0.25) is 12.2 Å². The Hall–Kier alpha value is -1.06. The second-order valence-electron chi connectivity index (χ2n) is 2.38. The Balaban J connectivity index is 0. The van der Waals surface area contributed by atoms with Gasteiger partial charge >= 0.3 is 0 Å². The van der Waals surface area contributed by atoms with Gasteiger partial charge in [0.05, 0.1) is 0 Å². The van der Waals surface area contributed by atoms with Crippen LogP contribution in [0.2, 0.25) is 0 Å². The van der Waals surface area contributed by atoms with Gasteiger partial charge in [0.1, 0.15) is 0 Å². The van der Waals surface area contributed by atoms with Crippen LogP contribution in [0.1, 0.15) is 19.3 Å². The number of isocyanates is 2. The third kappa shape index (κ3) is 18.2. The van der Waals surface area contributed by atoms with Gasteiger partial charge in [0.25, 0.3) is 0 Å². The zero-order chi connectivity index (χ0) is 10.5. The van der Waals surface area contributed by atoms with Crippen LogP contribution in [0.4, 0.5) is 0 Å². The van der Waals surface area contributed by atoms with Crippen molar-refractivity contribution >= 4 is 22.4 Å². The Labute approximate surface area is 79.9 Å². The molecule has 1 aliphatic rings. The van der Waals surface area contributed by atoms with Gasteiger partial charge in [-0.15, -0.1) is 0 Å². The summed E-state index contributed by atoms with van der Waals surface area (Å²) in [4.78, 5) is 16.7. The molecule has 13 heavy (non-hydrogen) atoms. The van der Waals surface area contributed by atoms with E-state index >= 15 is 0 Å². The minimum Gasteiger partial charge on any atom is -0.383 e. The molecule has 2 N–H and O–H groups in total. The Morgan fingerprint density at radius 3 is 1.85 bits per heavy atom. The van der Waals surface area contributed by atoms with Crippen molar-refractivity contribution in [3.05, 3.63) is 0 Å². The first-order valence-corrected chi connectivity index (χ1v) is 5.07. The third-order valence-corrected chi connectivity index (χ3v) is 2.32. The maximum absolute atomic E-state index is 8.35. The summed E-state index contributed by atoms with van der Waals surface area (Å²) in [5.41, 5.74) is 0.675. The summed E-state index contributed by atoms with van der Waals surface area (Å²) in [5.74, 6) is 0. The van der Waals surface area contributed by atoms with Gasteiger partial charge in [-0.2, -0.15) is 0 Å². The SMILES string of the molecule is N=C=O.N=C=O.[SiH3]C1CCCCO1. The predicted molar refractivity (Wildman–Crippen MR) is 50.4 cm³/mol. The normalized spacial score (nSPS) is 19.2. The molecule has 1 saturated heterocycles. The molecule has 0 bridgehead atoms. The molecule has 1 aliphatic heterocycles. The molecule has 0 amide bonds. The van der Waals surface area contributed by atoms with Crippen LogP contribution in [0.3, 0.4) is 0 Å². The van der Waals surface area contributed by atoms with E-state index in [1.165, 1.54) is 29.5 Å². The molecule has 74 valence electrons. The monoisotopic (exact) mass is 202 g/mol. The minimum absolute atomic E-state index is 0.675. The van der Waals surface area contributed by atoms with Gasteiger partial charge in [-0.1, -0.05) is 0 Å². The molecule has 0 saturated carbocycles. The van der Waals surface area contributed by atoms with Crippen LogP contribution in [0, 0.1) is 10.8 Å². The first-order chi connectivity index (χ1) is 6.22. The Kier molecular flexibility index (Phi) is 15.0. The molecule has 0 aromatic carbocycles. The van der Waals surface area contributed by atoms with Crippen molar-refractivity contribution in [3.63, 3.8) is 0 Å². The van der Waals surface area contributed by atoms with Crippen molar-refractivity contribution in [1.29, 1.82) is 10.8 Å². The molecule has 1 rings (SSSR count). The fraction of sp³-hybridized carbons (Fsp3) is 0.714. The number of rotatable bonds is 0. The molecule has 1 fully saturated rings. The fourth-order valence-electron chi connectivity index (χ4n) is 0.902. The summed E-state index contributed by atoms with van der Waals surface area (Å²) in [6, 6.07) is 0. The summed E-state index contributed by atoms with van der Waals surface area (Å²) in [6.07, 6.45) is 5.51. The molecule has 0 aliphatic carbocycles. The lowest BCUT2D eigenvalue weighted by atomic mass is 10.2. The van der Waals surface area contributed by atoms with Gasteiger partial charge in [0, 0.05) is 22.6 Å². The summed E-state index contributed by atoms with van der Waals surface area (Å²) in [6.45, 7) is 1.02. The summed E-state index contributed by atoms with van der Waals surface area (Å²) in [5, 5.41) is 10.8. The maximum Gasteiger partial charge on any atom is 0.231 e. The van der Waals surface area contributed by atoms with E-state index in [-0.39, 0.29) is 0 Å². The summed E-state index contributed by atoms with van der Waals surface area (Å²) >= 11 is 0. The zero-order valence-electron chi connectivity index (χ0n) is 7.63. The lowest BCUT2D eigenvalue weighted by Gasteiger charge is -2.17. The average molecular weight is 202 g/mol. The van der Waals surface area contributed by atoms with Crippen LogP contribution in [-0.4, -0.2) is 34.7 Å². The molecule has 6 heteroatoms. The number of nitrogens with one attached hydrogen (secondary N) is 2. The minimum atomic E-state index is 0.675. The van der Waals surface area contributed by atoms with Crippen LogP contribution in [0.5, 0.6) is 0 Å². The second kappa shape index (κ2) is 13.5. The standard InChI is InChI=1S/C5H12OSi.2CHNO/c7-5-3-1-2-4-6-5;2*2-1-3/h5H,1-4H2,7H3;2*2H. The predicted octanol–water partition coefficient (Wildman–Crippen LogP) is -0.320. The molecule has 0 aromatic rings. The highest BCUT2D eigenvalue weighted by Crippen LogP contribution is 2.08. The lowest BCUT2D eigenvalue weighted by Crippen LogP contribution is -2.18. The zero-order valence-corrected chi connectivity index (χ0v) is 9.63. The van der Waals surface area contributed by atoms with Crippen LogP contribution in [-0.2, 0) is 14.3 Å². The highest BCUT2D eigenvalue weighted by atomic mass is 28.1. The van der Waals surface area contributed by atoms with E-state index < -0.39 is 0 Å². The number of ether oxygens (including phenoxy) is 1. The van der Waals surface area contributed by atoms with Crippen molar-refractivity contribution < 1.29 is 14.3 Å². The third-order valence-electron chi connectivity index (χ3n) is 1.41. The van der Waals surface area contributed by atoms with E-state index in [1.807, 2.05) is 0 Å². The summed E-state index contributed by atoms with van der Waals surface area (Å²) < 4.78 is 5.34. The Morgan fingerprint density at radius 1 is 1.23 bits per heavy atom. The lowest BCUT2D eigenvalue weighted by molar-refractivity contribution is 0.0675. The fourth-order valence-corrected chi connectivity index (χ4v) is 1.55. The molecule has 0 spiro atoms. The molecular weight excluding hydrogens is 188 g/mol. The number of carbonyl (C=O) groups excluding carboxylic acids is 2. The maximum atomic E-state index is 8.35. The van der Waals surface area contributed by atoms with Gasteiger partial charge in [-0.25, -0.2) is 20.4 Å². The first-order valence-electron chi connectivity index (χ1n) is 3.92. The van der Waals surface area contributed by atoms with E-state index in [2.05, 4.69) is 0 Å². The average Bonchev–Trinajstić information content (AvgIpc) is 2.08. The molecule has 0 aromatic heterocycles. The quantitative estimate of drug-likeness (QED) is 0.320. The molecule has 1 unspecified atom stereocenters.